The molecule has 0 spiro atoms. The van der Waals surface area contributed by atoms with Crippen molar-refractivity contribution >= 4 is 23.3 Å². The van der Waals surface area contributed by atoms with Crippen LogP contribution in [0.25, 0.3) is 0 Å². The number of amides is 2. The number of halogens is 1. The number of hydrogen-bond donors (Lipinski definition) is 2. The van der Waals surface area contributed by atoms with Gasteiger partial charge in [-0.1, -0.05) is 29.8 Å². The van der Waals surface area contributed by atoms with Crippen LogP contribution in [0.2, 0.25) is 5.02 Å². The van der Waals surface area contributed by atoms with Gasteiger partial charge in [0.25, 0.3) is 0 Å². The maximum atomic E-state index is 11.9. The number of rotatable bonds is 3. The molecule has 0 fully saturated rings. The molecule has 1 heterocycles. The van der Waals surface area contributed by atoms with Crippen molar-refractivity contribution in [3.63, 3.8) is 0 Å². The fourth-order valence-corrected chi connectivity index (χ4v) is 2.30. The zero-order valence-corrected chi connectivity index (χ0v) is 12.5. The van der Waals surface area contributed by atoms with Gasteiger partial charge in [0.05, 0.1) is 6.54 Å². The van der Waals surface area contributed by atoms with Gasteiger partial charge < -0.3 is 20.1 Å². The van der Waals surface area contributed by atoms with E-state index in [1.54, 1.807) is 24.3 Å². The second-order valence-corrected chi connectivity index (χ2v) is 5.28. The molecule has 2 aromatic rings. The van der Waals surface area contributed by atoms with Crippen LogP contribution >= 0.6 is 11.6 Å². The van der Waals surface area contributed by atoms with Gasteiger partial charge >= 0.3 is 6.03 Å². The lowest BCUT2D eigenvalue weighted by molar-refractivity contribution is 0.0922. The normalized spacial score (nSPS) is 16.0. The Bertz CT molecular complexity index is 678. The van der Waals surface area contributed by atoms with Gasteiger partial charge in [-0.25, -0.2) is 4.79 Å². The molecule has 0 bridgehead atoms. The van der Waals surface area contributed by atoms with E-state index in [1.165, 1.54) is 0 Å². The van der Waals surface area contributed by atoms with E-state index in [-0.39, 0.29) is 12.1 Å². The van der Waals surface area contributed by atoms with Gasteiger partial charge in [-0.05, 0) is 30.3 Å². The summed E-state index contributed by atoms with van der Waals surface area (Å²) < 4.78 is 11.4. The van der Waals surface area contributed by atoms with Crippen molar-refractivity contribution in [2.24, 2.45) is 0 Å². The summed E-state index contributed by atoms with van der Waals surface area (Å²) in [6.45, 7) is 0.745. The monoisotopic (exact) mass is 318 g/mol. The summed E-state index contributed by atoms with van der Waals surface area (Å²) in [5, 5.41) is 6.03. The van der Waals surface area contributed by atoms with E-state index in [0.29, 0.717) is 29.6 Å². The molecule has 22 heavy (non-hydrogen) atoms. The number of para-hydroxylation sites is 2. The smallest absolute Gasteiger partial charge is 0.319 e. The molecule has 2 amide bonds. The third kappa shape index (κ3) is 3.62. The van der Waals surface area contributed by atoms with Gasteiger partial charge in [0.2, 0.25) is 0 Å². The molecule has 1 aliphatic heterocycles. The Morgan fingerprint density at radius 1 is 1.18 bits per heavy atom. The van der Waals surface area contributed by atoms with Crippen LogP contribution in [0.4, 0.5) is 10.5 Å². The van der Waals surface area contributed by atoms with Crippen LogP contribution < -0.4 is 20.1 Å². The quantitative estimate of drug-likeness (QED) is 0.913. The molecule has 1 aliphatic rings. The van der Waals surface area contributed by atoms with E-state index >= 15 is 0 Å². The lowest BCUT2D eigenvalue weighted by Crippen LogP contribution is -2.42. The van der Waals surface area contributed by atoms with E-state index in [4.69, 9.17) is 21.1 Å². The lowest BCUT2D eigenvalue weighted by atomic mass is 10.2. The molecule has 5 nitrogen and oxygen atoms in total. The van der Waals surface area contributed by atoms with E-state index in [1.807, 2.05) is 24.3 Å². The zero-order chi connectivity index (χ0) is 15.4. The van der Waals surface area contributed by atoms with Gasteiger partial charge in [-0.3, -0.25) is 0 Å². The van der Waals surface area contributed by atoms with Crippen molar-refractivity contribution in [2.45, 2.75) is 6.10 Å². The Kier molecular flexibility index (Phi) is 4.34. The first-order valence-corrected chi connectivity index (χ1v) is 7.27. The minimum atomic E-state index is -0.315. The van der Waals surface area contributed by atoms with Crippen molar-refractivity contribution in [1.82, 2.24) is 5.32 Å². The summed E-state index contributed by atoms with van der Waals surface area (Å²) in [7, 11) is 0. The Balaban J connectivity index is 1.50. The fourth-order valence-electron chi connectivity index (χ4n) is 2.11. The van der Waals surface area contributed by atoms with Crippen LogP contribution in [0, 0.1) is 0 Å². The molecular formula is C16H15ClN2O3. The number of benzene rings is 2. The van der Waals surface area contributed by atoms with Crippen molar-refractivity contribution in [1.29, 1.82) is 0 Å². The summed E-state index contributed by atoms with van der Waals surface area (Å²) in [5.74, 6) is 1.41. The van der Waals surface area contributed by atoms with Gasteiger partial charge in [-0.2, -0.15) is 0 Å². The molecule has 114 valence electrons. The summed E-state index contributed by atoms with van der Waals surface area (Å²) in [6.07, 6.45) is -0.222. The van der Waals surface area contributed by atoms with Gasteiger partial charge in [0, 0.05) is 10.7 Å². The molecular weight excluding hydrogens is 304 g/mol. The molecule has 1 unspecified atom stereocenters. The van der Waals surface area contributed by atoms with Crippen LogP contribution in [0.15, 0.2) is 48.5 Å². The fraction of sp³-hybridized carbons (Fsp3) is 0.188. The first-order chi connectivity index (χ1) is 10.7. The number of anilines is 1. The maximum Gasteiger partial charge on any atom is 0.319 e. The third-order valence-corrected chi connectivity index (χ3v) is 3.38. The number of ether oxygens (including phenoxy) is 2. The third-order valence-electron chi connectivity index (χ3n) is 3.14. The topological polar surface area (TPSA) is 59.6 Å². The second-order valence-electron chi connectivity index (χ2n) is 4.84. The Hall–Kier alpha value is -2.40. The van der Waals surface area contributed by atoms with Crippen molar-refractivity contribution < 1.29 is 14.3 Å². The molecule has 6 heteroatoms. The highest BCUT2D eigenvalue weighted by atomic mass is 35.5. The number of urea groups is 1. The van der Waals surface area contributed by atoms with Gasteiger partial charge in [0.1, 0.15) is 6.61 Å². The van der Waals surface area contributed by atoms with Crippen LogP contribution in [-0.4, -0.2) is 25.3 Å². The van der Waals surface area contributed by atoms with Crippen LogP contribution in [0.1, 0.15) is 0 Å². The Morgan fingerprint density at radius 2 is 2.00 bits per heavy atom. The number of fused-ring (bicyclic) bond motifs is 1. The molecule has 1 atom stereocenters. The predicted octanol–water partition coefficient (Wildman–Crippen LogP) is 3.30. The predicted molar refractivity (Wildman–Crippen MR) is 84.8 cm³/mol. The average Bonchev–Trinajstić information content (AvgIpc) is 2.53. The van der Waals surface area contributed by atoms with E-state index < -0.39 is 0 Å². The molecule has 2 aromatic carbocycles. The minimum Gasteiger partial charge on any atom is -0.486 e. The molecule has 2 N–H and O–H groups in total. The molecule has 0 radical (unpaired) electrons. The molecule has 3 rings (SSSR count). The largest absolute Gasteiger partial charge is 0.486 e. The highest BCUT2D eigenvalue weighted by Crippen LogP contribution is 2.30. The van der Waals surface area contributed by atoms with E-state index in [0.717, 1.165) is 5.75 Å². The Labute approximate surface area is 133 Å². The summed E-state index contributed by atoms with van der Waals surface area (Å²) >= 11 is 5.87. The minimum absolute atomic E-state index is 0.222. The highest BCUT2D eigenvalue weighted by molar-refractivity contribution is 6.30. The highest BCUT2D eigenvalue weighted by Gasteiger charge is 2.20. The standard InChI is InChI=1S/C16H15ClN2O3/c17-11-4-3-5-12(8-11)19-16(20)18-9-13-10-21-14-6-1-2-7-15(14)22-13/h1-8,13H,9-10H2,(H2,18,19,20). The maximum absolute atomic E-state index is 11.9. The van der Waals surface area contributed by atoms with E-state index in [9.17, 15) is 4.79 Å². The van der Waals surface area contributed by atoms with Crippen molar-refractivity contribution in [2.75, 3.05) is 18.5 Å². The van der Waals surface area contributed by atoms with Gasteiger partial charge in [-0.15, -0.1) is 0 Å². The van der Waals surface area contributed by atoms with Crippen LogP contribution in [-0.2, 0) is 0 Å². The van der Waals surface area contributed by atoms with Crippen LogP contribution in [0.3, 0.4) is 0 Å². The summed E-state index contributed by atoms with van der Waals surface area (Å²) in [5.41, 5.74) is 0.635. The first-order valence-electron chi connectivity index (χ1n) is 6.89. The molecule has 0 saturated carbocycles. The number of hydrogen-bond acceptors (Lipinski definition) is 3. The van der Waals surface area contributed by atoms with Gasteiger partial charge in [0.15, 0.2) is 17.6 Å². The second kappa shape index (κ2) is 6.58. The summed E-state index contributed by atoms with van der Waals surface area (Å²) in [4.78, 5) is 11.9. The molecule has 0 aliphatic carbocycles. The first kappa shape index (κ1) is 14.5. The number of carbonyl (C=O) groups is 1. The molecule has 0 aromatic heterocycles. The zero-order valence-electron chi connectivity index (χ0n) is 11.7. The summed E-state index contributed by atoms with van der Waals surface area (Å²) in [6, 6.07) is 14.1. The van der Waals surface area contributed by atoms with Crippen molar-refractivity contribution in [3.8, 4) is 11.5 Å². The molecule has 0 saturated heterocycles. The number of carbonyl (C=O) groups excluding carboxylic acids is 1. The van der Waals surface area contributed by atoms with E-state index in [2.05, 4.69) is 10.6 Å². The average molecular weight is 319 g/mol. The lowest BCUT2D eigenvalue weighted by Gasteiger charge is -2.26. The SMILES string of the molecule is O=C(NCC1COc2ccccc2O1)Nc1cccc(Cl)c1. The number of nitrogens with one attached hydrogen (secondary N) is 2. The van der Waals surface area contributed by atoms with Crippen molar-refractivity contribution in [3.05, 3.63) is 53.6 Å². The Morgan fingerprint density at radius 3 is 2.82 bits per heavy atom. The van der Waals surface area contributed by atoms with Crippen LogP contribution in [0.5, 0.6) is 11.5 Å².